The van der Waals surface area contributed by atoms with E-state index in [0.29, 0.717) is 25.6 Å². The molecule has 0 saturated heterocycles. The normalized spacial score (nSPS) is 15.4. The van der Waals surface area contributed by atoms with Crippen molar-refractivity contribution >= 4 is 21.7 Å². The Hall–Kier alpha value is -1.71. The summed E-state index contributed by atoms with van der Waals surface area (Å²) in [7, 11) is -3.36. The number of pyridine rings is 1. The van der Waals surface area contributed by atoms with E-state index in [0.717, 1.165) is 37.8 Å². The van der Waals surface area contributed by atoms with Crippen molar-refractivity contribution in [3.05, 3.63) is 24.5 Å². The number of hydrogen-bond acceptors (Lipinski definition) is 5. The van der Waals surface area contributed by atoms with Crippen LogP contribution in [0.4, 0.5) is 5.69 Å². The third-order valence-corrected chi connectivity index (χ3v) is 6.76. The van der Waals surface area contributed by atoms with Crippen molar-refractivity contribution in [3.8, 4) is 0 Å². The molecule has 0 unspecified atom stereocenters. The van der Waals surface area contributed by atoms with Crippen LogP contribution in [0.5, 0.6) is 0 Å². The van der Waals surface area contributed by atoms with Crippen molar-refractivity contribution in [1.82, 2.24) is 14.8 Å². The predicted molar refractivity (Wildman–Crippen MR) is 116 cm³/mol. The standard InChI is InChI=1S/C20H35N5O3S/c1-2-29(26,27)25(28-17-18-9-5-3-6-10-18)16-8-4-7-13-23-20(21)24-19-11-14-22-15-12-19/h11-12,14-15,18H,2-10,13,16-17H2,1H3,(H3,21,22,23,24). The van der Waals surface area contributed by atoms with Gasteiger partial charge in [-0.1, -0.05) is 30.2 Å². The first-order valence-corrected chi connectivity index (χ1v) is 12.2. The lowest BCUT2D eigenvalue weighted by molar-refractivity contribution is -0.103. The number of guanidine groups is 1. The maximum Gasteiger partial charge on any atom is 0.235 e. The summed E-state index contributed by atoms with van der Waals surface area (Å²) < 4.78 is 25.8. The van der Waals surface area contributed by atoms with Gasteiger partial charge >= 0.3 is 0 Å². The van der Waals surface area contributed by atoms with Crippen molar-refractivity contribution in [2.45, 2.75) is 58.3 Å². The Morgan fingerprint density at radius 1 is 1.21 bits per heavy atom. The van der Waals surface area contributed by atoms with Crippen LogP contribution in [-0.2, 0) is 14.9 Å². The second-order valence-electron chi connectivity index (χ2n) is 7.45. The van der Waals surface area contributed by atoms with Crippen LogP contribution in [0.3, 0.4) is 0 Å². The van der Waals surface area contributed by atoms with Gasteiger partial charge in [-0.15, -0.1) is 0 Å². The smallest absolute Gasteiger partial charge is 0.235 e. The average Bonchev–Trinajstić information content (AvgIpc) is 2.74. The van der Waals surface area contributed by atoms with Crippen molar-refractivity contribution in [2.75, 3.05) is 30.8 Å². The lowest BCUT2D eigenvalue weighted by Crippen LogP contribution is -2.35. The van der Waals surface area contributed by atoms with Crippen LogP contribution in [0.15, 0.2) is 24.5 Å². The van der Waals surface area contributed by atoms with Gasteiger partial charge in [-0.05, 0) is 50.7 Å². The van der Waals surface area contributed by atoms with Crippen LogP contribution in [0.2, 0.25) is 0 Å². The fourth-order valence-electron chi connectivity index (χ4n) is 3.35. The number of nitrogens with one attached hydrogen (secondary N) is 3. The summed E-state index contributed by atoms with van der Waals surface area (Å²) in [6.45, 7) is 3.19. The first-order valence-electron chi connectivity index (χ1n) is 10.6. The molecule has 2 rings (SSSR count). The lowest BCUT2D eigenvalue weighted by Gasteiger charge is -2.26. The molecule has 1 aliphatic carbocycles. The number of hydrogen-bond donors (Lipinski definition) is 3. The molecule has 0 spiro atoms. The number of aromatic nitrogens is 1. The molecule has 9 heteroatoms. The quantitative estimate of drug-likeness (QED) is 0.205. The molecular formula is C20H35N5O3S. The van der Waals surface area contributed by atoms with Gasteiger partial charge in [0.05, 0.1) is 12.4 Å². The first kappa shape index (κ1) is 23.6. The predicted octanol–water partition coefficient (Wildman–Crippen LogP) is 3.35. The van der Waals surface area contributed by atoms with E-state index in [9.17, 15) is 8.42 Å². The van der Waals surface area contributed by atoms with E-state index >= 15 is 0 Å². The van der Waals surface area contributed by atoms with Gasteiger partial charge in [0.25, 0.3) is 0 Å². The van der Waals surface area contributed by atoms with Gasteiger partial charge in [0.1, 0.15) is 0 Å². The van der Waals surface area contributed by atoms with Crippen LogP contribution in [-0.4, -0.2) is 49.3 Å². The molecule has 0 aliphatic heterocycles. The van der Waals surface area contributed by atoms with E-state index in [1.165, 1.54) is 23.7 Å². The average molecular weight is 426 g/mol. The molecule has 164 valence electrons. The van der Waals surface area contributed by atoms with Crippen LogP contribution in [0, 0.1) is 11.3 Å². The maximum absolute atomic E-state index is 12.3. The third-order valence-electron chi connectivity index (χ3n) is 5.12. The first-order chi connectivity index (χ1) is 14.0. The molecule has 1 fully saturated rings. The minimum absolute atomic E-state index is 0.0526. The Bertz CT molecular complexity index is 693. The summed E-state index contributed by atoms with van der Waals surface area (Å²) in [6, 6.07) is 3.60. The Balaban J connectivity index is 1.63. The van der Waals surface area contributed by atoms with Gasteiger partial charge in [-0.2, -0.15) is 0 Å². The fourth-order valence-corrected chi connectivity index (χ4v) is 4.27. The Morgan fingerprint density at radius 2 is 1.93 bits per heavy atom. The number of rotatable bonds is 12. The molecule has 1 aromatic heterocycles. The van der Waals surface area contributed by atoms with Crippen LogP contribution in [0.1, 0.15) is 58.3 Å². The number of hydroxylamine groups is 1. The fraction of sp³-hybridized carbons (Fsp3) is 0.700. The lowest BCUT2D eigenvalue weighted by atomic mass is 9.90. The summed E-state index contributed by atoms with van der Waals surface area (Å²) >= 11 is 0. The molecule has 1 aliphatic rings. The summed E-state index contributed by atoms with van der Waals surface area (Å²) in [6.07, 6.45) is 11.7. The molecule has 0 radical (unpaired) electrons. The maximum atomic E-state index is 12.3. The van der Waals surface area contributed by atoms with Gasteiger partial charge in [-0.25, -0.2) is 8.42 Å². The molecule has 1 heterocycles. The molecule has 0 amide bonds. The molecule has 8 nitrogen and oxygen atoms in total. The van der Waals surface area contributed by atoms with E-state index in [1.807, 2.05) is 0 Å². The van der Waals surface area contributed by atoms with E-state index < -0.39 is 10.0 Å². The summed E-state index contributed by atoms with van der Waals surface area (Å²) in [5.74, 6) is 0.764. The van der Waals surface area contributed by atoms with Gasteiger partial charge in [0.15, 0.2) is 5.96 Å². The highest BCUT2D eigenvalue weighted by molar-refractivity contribution is 7.88. The SMILES string of the molecule is CCS(=O)(=O)N(CCCCCNC(=N)Nc1ccncc1)OCC1CCCCC1. The van der Waals surface area contributed by atoms with Gasteiger partial charge in [-0.3, -0.25) is 15.2 Å². The zero-order valence-electron chi connectivity index (χ0n) is 17.4. The molecule has 0 aromatic carbocycles. The minimum atomic E-state index is -3.36. The molecule has 0 bridgehead atoms. The Morgan fingerprint density at radius 3 is 2.62 bits per heavy atom. The molecule has 3 N–H and O–H groups in total. The Labute approximate surface area is 174 Å². The number of nitrogens with zero attached hydrogens (tertiary/aromatic N) is 2. The van der Waals surface area contributed by atoms with Crippen molar-refractivity contribution < 1.29 is 13.3 Å². The van der Waals surface area contributed by atoms with E-state index in [-0.39, 0.29) is 11.7 Å². The van der Waals surface area contributed by atoms with Gasteiger partial charge < -0.3 is 10.6 Å². The zero-order chi connectivity index (χ0) is 21.0. The summed E-state index contributed by atoms with van der Waals surface area (Å²) in [4.78, 5) is 9.67. The Kier molecular flexibility index (Phi) is 10.4. The van der Waals surface area contributed by atoms with Gasteiger partial charge in [0.2, 0.25) is 10.0 Å². The molecule has 1 saturated carbocycles. The summed E-state index contributed by atoms with van der Waals surface area (Å²) in [5, 5.41) is 13.9. The number of anilines is 1. The van der Waals surface area contributed by atoms with Crippen molar-refractivity contribution in [3.63, 3.8) is 0 Å². The second kappa shape index (κ2) is 12.8. The third kappa shape index (κ3) is 9.10. The second-order valence-corrected chi connectivity index (χ2v) is 9.60. The molecule has 29 heavy (non-hydrogen) atoms. The van der Waals surface area contributed by atoms with E-state index in [4.69, 9.17) is 10.2 Å². The van der Waals surface area contributed by atoms with Crippen molar-refractivity contribution in [1.29, 1.82) is 5.41 Å². The highest BCUT2D eigenvalue weighted by Gasteiger charge is 2.23. The van der Waals surface area contributed by atoms with Crippen LogP contribution < -0.4 is 10.6 Å². The van der Waals surface area contributed by atoms with Crippen molar-refractivity contribution in [2.24, 2.45) is 5.92 Å². The largest absolute Gasteiger partial charge is 0.356 e. The molecular weight excluding hydrogens is 390 g/mol. The van der Waals surface area contributed by atoms with E-state index in [1.54, 1.807) is 31.5 Å². The number of sulfonamides is 1. The monoisotopic (exact) mass is 425 g/mol. The summed E-state index contributed by atoms with van der Waals surface area (Å²) in [5.41, 5.74) is 0.813. The minimum Gasteiger partial charge on any atom is -0.356 e. The highest BCUT2D eigenvalue weighted by atomic mass is 32.2. The van der Waals surface area contributed by atoms with Crippen LogP contribution in [0.25, 0.3) is 0 Å². The highest BCUT2D eigenvalue weighted by Crippen LogP contribution is 2.24. The molecule has 0 atom stereocenters. The van der Waals surface area contributed by atoms with E-state index in [2.05, 4.69) is 15.6 Å². The topological polar surface area (TPSA) is 107 Å². The van der Waals surface area contributed by atoms with Gasteiger partial charge in [0, 0.05) is 31.2 Å². The zero-order valence-corrected chi connectivity index (χ0v) is 18.2. The van der Waals surface area contributed by atoms with Crippen LogP contribution >= 0.6 is 0 Å². The number of unbranched alkanes of at least 4 members (excludes halogenated alkanes) is 2. The molecule has 1 aromatic rings.